The molecule has 3 aromatic rings. The highest BCUT2D eigenvalue weighted by atomic mass is 16.5. The van der Waals surface area contributed by atoms with Gasteiger partial charge in [0.1, 0.15) is 11.6 Å². The van der Waals surface area contributed by atoms with Crippen LogP contribution in [0.15, 0.2) is 42.7 Å². The number of H-pyrrole nitrogens is 1. The second-order valence-corrected chi connectivity index (χ2v) is 8.37. The summed E-state index contributed by atoms with van der Waals surface area (Å²) in [4.78, 5) is 7.04. The van der Waals surface area contributed by atoms with Gasteiger partial charge in [0, 0.05) is 48.1 Å². The molecular weight excluding hydrogens is 374 g/mol. The Morgan fingerprint density at radius 3 is 2.90 bits per heavy atom. The molecule has 1 fully saturated rings. The van der Waals surface area contributed by atoms with Crippen molar-refractivity contribution in [3.63, 3.8) is 0 Å². The third kappa shape index (κ3) is 4.33. The first-order valence-corrected chi connectivity index (χ1v) is 10.7. The Morgan fingerprint density at radius 2 is 2.13 bits per heavy atom. The molecule has 3 heterocycles. The quantitative estimate of drug-likeness (QED) is 0.601. The Kier molecular flexibility index (Phi) is 6.04. The third-order valence-electron chi connectivity index (χ3n) is 6.00. The number of rotatable bonds is 7. The number of aromatic nitrogens is 3. The average Bonchev–Trinajstić information content (AvgIpc) is 3.42. The Morgan fingerprint density at radius 1 is 1.27 bits per heavy atom. The van der Waals surface area contributed by atoms with Gasteiger partial charge >= 0.3 is 0 Å². The molecule has 0 saturated carbocycles. The number of hydrogen-bond acceptors (Lipinski definition) is 5. The number of aromatic amines is 1. The topological polar surface area (TPSA) is 66.1 Å². The van der Waals surface area contributed by atoms with Crippen molar-refractivity contribution in [2.75, 3.05) is 25.5 Å². The summed E-state index contributed by atoms with van der Waals surface area (Å²) in [5.74, 6) is 2.23. The summed E-state index contributed by atoms with van der Waals surface area (Å²) >= 11 is 0. The van der Waals surface area contributed by atoms with Crippen LogP contribution < -0.4 is 10.1 Å². The fourth-order valence-electron chi connectivity index (χ4n) is 4.21. The van der Waals surface area contributed by atoms with E-state index in [4.69, 9.17) is 4.74 Å². The highest BCUT2D eigenvalue weighted by Crippen LogP contribution is 2.34. The number of anilines is 1. The molecule has 1 aromatic carbocycles. The lowest BCUT2D eigenvalue weighted by molar-refractivity contribution is 0.272. The van der Waals surface area contributed by atoms with Gasteiger partial charge in [-0.05, 0) is 63.1 Å². The van der Waals surface area contributed by atoms with Gasteiger partial charge in [-0.15, -0.1) is 0 Å². The predicted octanol–water partition coefficient (Wildman–Crippen LogP) is 4.60. The van der Waals surface area contributed by atoms with E-state index in [0.717, 1.165) is 42.2 Å². The van der Waals surface area contributed by atoms with Crippen LogP contribution in [0.1, 0.15) is 43.0 Å². The summed E-state index contributed by atoms with van der Waals surface area (Å²) in [6.07, 6.45) is 4.96. The maximum absolute atomic E-state index is 5.52. The molecule has 158 valence electrons. The molecule has 30 heavy (non-hydrogen) atoms. The number of aryl methyl sites for hydroxylation is 1. The van der Waals surface area contributed by atoms with Gasteiger partial charge in [-0.1, -0.05) is 12.1 Å². The van der Waals surface area contributed by atoms with E-state index in [-0.39, 0.29) is 0 Å². The summed E-state index contributed by atoms with van der Waals surface area (Å²) in [6, 6.07) is 11.0. The minimum absolute atomic E-state index is 0.492. The van der Waals surface area contributed by atoms with Crippen molar-refractivity contribution in [2.24, 2.45) is 0 Å². The van der Waals surface area contributed by atoms with Crippen molar-refractivity contribution in [1.82, 2.24) is 20.1 Å². The third-order valence-corrected chi connectivity index (χ3v) is 6.00. The average molecular weight is 406 g/mol. The molecule has 0 radical (unpaired) electrons. The van der Waals surface area contributed by atoms with Crippen LogP contribution in [0.3, 0.4) is 0 Å². The van der Waals surface area contributed by atoms with Crippen molar-refractivity contribution >= 4 is 5.82 Å². The Bertz CT molecular complexity index is 997. The lowest BCUT2D eigenvalue weighted by Gasteiger charge is -2.20. The van der Waals surface area contributed by atoms with Gasteiger partial charge in [-0.3, -0.25) is 5.10 Å². The number of methoxy groups -OCH3 is 1. The first kappa shape index (κ1) is 20.4. The van der Waals surface area contributed by atoms with Crippen LogP contribution in [0.4, 0.5) is 5.82 Å². The molecule has 6 heteroatoms. The molecule has 2 aromatic heterocycles. The van der Waals surface area contributed by atoms with Crippen LogP contribution in [0.5, 0.6) is 5.75 Å². The van der Waals surface area contributed by atoms with E-state index < -0.39 is 0 Å². The molecule has 1 aliphatic heterocycles. The molecule has 0 spiro atoms. The van der Waals surface area contributed by atoms with Crippen molar-refractivity contribution < 1.29 is 4.74 Å². The Hall–Kier alpha value is -2.86. The zero-order valence-corrected chi connectivity index (χ0v) is 18.3. The van der Waals surface area contributed by atoms with Crippen molar-refractivity contribution in [2.45, 2.75) is 45.7 Å². The molecular formula is C24H31N5O. The highest BCUT2D eigenvalue weighted by molar-refractivity contribution is 5.68. The molecule has 1 atom stereocenters. The van der Waals surface area contributed by atoms with Crippen LogP contribution in [-0.4, -0.2) is 46.3 Å². The number of pyridine rings is 1. The van der Waals surface area contributed by atoms with Crippen LogP contribution in [0.2, 0.25) is 0 Å². The van der Waals surface area contributed by atoms with Crippen molar-refractivity contribution in [3.05, 3.63) is 59.5 Å². The van der Waals surface area contributed by atoms with E-state index in [1.807, 2.05) is 12.4 Å². The van der Waals surface area contributed by atoms with E-state index in [9.17, 15) is 0 Å². The highest BCUT2D eigenvalue weighted by Gasteiger charge is 2.28. The van der Waals surface area contributed by atoms with E-state index >= 15 is 0 Å². The molecule has 1 aliphatic rings. The number of nitrogens with zero attached hydrogens (tertiary/aromatic N) is 3. The number of hydrogen-bond donors (Lipinski definition) is 2. The Balaban J connectivity index is 1.51. The monoisotopic (exact) mass is 405 g/mol. The van der Waals surface area contributed by atoms with E-state index in [1.165, 1.54) is 16.8 Å². The van der Waals surface area contributed by atoms with E-state index in [0.29, 0.717) is 18.5 Å². The molecule has 2 N–H and O–H groups in total. The molecule has 0 bridgehead atoms. The Labute approximate surface area is 178 Å². The summed E-state index contributed by atoms with van der Waals surface area (Å²) in [7, 11) is 1.71. The summed E-state index contributed by atoms with van der Waals surface area (Å²) < 4.78 is 5.52. The zero-order chi connectivity index (χ0) is 21.1. The van der Waals surface area contributed by atoms with Gasteiger partial charge in [0.25, 0.3) is 0 Å². The van der Waals surface area contributed by atoms with E-state index in [2.05, 4.69) is 76.5 Å². The lowest BCUT2D eigenvalue weighted by Crippen LogP contribution is -2.28. The van der Waals surface area contributed by atoms with Crippen LogP contribution in [0.25, 0.3) is 11.1 Å². The fourth-order valence-corrected chi connectivity index (χ4v) is 4.21. The predicted molar refractivity (Wildman–Crippen MR) is 121 cm³/mol. The molecule has 1 unspecified atom stereocenters. The molecule has 0 amide bonds. The minimum atomic E-state index is 0.492. The minimum Gasteiger partial charge on any atom is -0.496 e. The lowest BCUT2D eigenvalue weighted by atomic mass is 9.97. The van der Waals surface area contributed by atoms with Gasteiger partial charge in [0.05, 0.1) is 13.3 Å². The number of benzene rings is 1. The first-order chi connectivity index (χ1) is 14.5. The number of likely N-dealkylation sites (tertiary alicyclic amines) is 1. The summed E-state index contributed by atoms with van der Waals surface area (Å²) in [5.41, 5.74) is 5.83. The van der Waals surface area contributed by atoms with E-state index in [1.54, 1.807) is 7.11 Å². The normalized spacial score (nSPS) is 16.9. The maximum atomic E-state index is 5.52. The molecule has 4 rings (SSSR count). The van der Waals surface area contributed by atoms with Gasteiger partial charge in [0.15, 0.2) is 0 Å². The maximum Gasteiger partial charge on any atom is 0.126 e. The van der Waals surface area contributed by atoms with Crippen molar-refractivity contribution in [1.29, 1.82) is 0 Å². The fraction of sp³-hybridized carbons (Fsp3) is 0.417. The van der Waals surface area contributed by atoms with Gasteiger partial charge in [-0.25, -0.2) is 4.98 Å². The van der Waals surface area contributed by atoms with Crippen LogP contribution >= 0.6 is 0 Å². The van der Waals surface area contributed by atoms with Gasteiger partial charge < -0.3 is 15.0 Å². The van der Waals surface area contributed by atoms with Gasteiger partial charge in [-0.2, -0.15) is 5.10 Å². The first-order valence-electron chi connectivity index (χ1n) is 10.7. The summed E-state index contributed by atoms with van der Waals surface area (Å²) in [5, 5.41) is 11.1. The number of ether oxygens (including phenoxy) is 1. The van der Waals surface area contributed by atoms with Crippen LogP contribution in [0, 0.1) is 6.92 Å². The van der Waals surface area contributed by atoms with Crippen LogP contribution in [-0.2, 0) is 6.54 Å². The van der Waals surface area contributed by atoms with Gasteiger partial charge in [0.2, 0.25) is 0 Å². The second kappa shape index (κ2) is 8.88. The molecule has 6 nitrogen and oxygen atoms in total. The second-order valence-electron chi connectivity index (χ2n) is 8.37. The largest absolute Gasteiger partial charge is 0.496 e. The standard InChI is InChI=1S/C24H31N5O/c1-16(2)29-10-8-20(15-29)24-21(14-27-28-24)18-7-9-25-23(12-18)26-13-19-6-5-17(3)11-22(19)30-4/h5-7,9,11-12,14,16,20H,8,10,13,15H2,1-4H3,(H,25,26)(H,27,28). The van der Waals surface area contributed by atoms with Crippen molar-refractivity contribution in [3.8, 4) is 16.9 Å². The summed E-state index contributed by atoms with van der Waals surface area (Å²) in [6.45, 7) is 9.47. The number of nitrogens with one attached hydrogen (secondary N) is 2. The zero-order valence-electron chi connectivity index (χ0n) is 18.3. The molecule has 0 aliphatic carbocycles. The smallest absolute Gasteiger partial charge is 0.126 e. The SMILES string of the molecule is COc1cc(C)ccc1CNc1cc(-c2cn[nH]c2C2CCN(C(C)C)C2)ccn1. The molecule has 1 saturated heterocycles.